The molecule has 0 radical (unpaired) electrons. The predicted octanol–water partition coefficient (Wildman–Crippen LogP) is 1.56. The van der Waals surface area contributed by atoms with E-state index in [-0.39, 0.29) is 17.0 Å². The van der Waals surface area contributed by atoms with Gasteiger partial charge in [0, 0.05) is 37.5 Å². The largest absolute Gasteiger partial charge is 1.00 e. The third-order valence-corrected chi connectivity index (χ3v) is 5.03. The van der Waals surface area contributed by atoms with Crippen molar-refractivity contribution >= 4 is 27.5 Å². The average Bonchev–Trinajstić information content (AvgIpc) is 2.68. The monoisotopic (exact) mass is 422 g/mol. The minimum absolute atomic E-state index is 0. The summed E-state index contributed by atoms with van der Waals surface area (Å²) < 4.78 is 7.99. The van der Waals surface area contributed by atoms with Gasteiger partial charge in [-0.3, -0.25) is 0 Å². The lowest BCUT2D eigenvalue weighted by molar-refractivity contribution is -0.617. The number of halogens is 1. The first-order valence-corrected chi connectivity index (χ1v) is 8.77. The molecule has 0 bridgehead atoms. The fraction of sp³-hybridized carbons (Fsp3) is 0.174. The third kappa shape index (κ3) is 3.15. The van der Waals surface area contributed by atoms with Crippen LogP contribution in [0.25, 0.3) is 32.9 Å². The van der Waals surface area contributed by atoms with E-state index in [1.54, 1.807) is 7.11 Å². The van der Waals surface area contributed by atoms with E-state index < -0.39 is 0 Å². The highest BCUT2D eigenvalue weighted by atomic mass is 79.9. The van der Waals surface area contributed by atoms with Crippen molar-refractivity contribution in [2.24, 2.45) is 7.05 Å². The summed E-state index contributed by atoms with van der Waals surface area (Å²) in [4.78, 5) is 2.14. The molecule has 0 aliphatic carbocycles. The fourth-order valence-corrected chi connectivity index (χ4v) is 3.68. The zero-order valence-electron chi connectivity index (χ0n) is 16.0. The number of nitrogens with zero attached hydrogens (tertiary/aromatic N) is 2. The Morgan fingerprint density at radius 3 is 2.26 bits per heavy atom. The summed E-state index contributed by atoms with van der Waals surface area (Å²) in [7, 11) is 8.01. The lowest BCUT2D eigenvalue weighted by Crippen LogP contribution is -3.00. The van der Waals surface area contributed by atoms with Crippen molar-refractivity contribution in [1.29, 1.82) is 0 Å². The van der Waals surface area contributed by atoms with Crippen LogP contribution < -0.4 is 31.2 Å². The second-order valence-electron chi connectivity index (χ2n) is 6.75. The lowest BCUT2D eigenvalue weighted by Gasteiger charge is -2.16. The van der Waals surface area contributed by atoms with Gasteiger partial charge in [0.05, 0.1) is 17.9 Å². The molecule has 0 fully saturated rings. The third-order valence-electron chi connectivity index (χ3n) is 5.03. The quantitative estimate of drug-likeness (QED) is 0.368. The van der Waals surface area contributed by atoms with Crippen LogP contribution >= 0.6 is 0 Å². The number of benzene rings is 3. The zero-order chi connectivity index (χ0) is 18.3. The lowest BCUT2D eigenvalue weighted by atomic mass is 9.95. The molecule has 3 aromatic carbocycles. The molecule has 0 atom stereocenters. The summed E-state index contributed by atoms with van der Waals surface area (Å²) in [5.74, 6) is 0.899. The van der Waals surface area contributed by atoms with Gasteiger partial charge in [0.2, 0.25) is 11.0 Å². The summed E-state index contributed by atoms with van der Waals surface area (Å²) in [5, 5.41) is 2.37. The molecule has 4 heteroatoms. The number of anilines is 1. The summed E-state index contributed by atoms with van der Waals surface area (Å²) in [6.45, 7) is 0. The molecule has 0 aliphatic rings. The molecule has 27 heavy (non-hydrogen) atoms. The number of rotatable bonds is 3. The number of fused-ring (bicyclic) bond motifs is 2. The van der Waals surface area contributed by atoms with Crippen molar-refractivity contribution in [2.45, 2.75) is 0 Å². The zero-order valence-corrected chi connectivity index (χ0v) is 17.6. The van der Waals surface area contributed by atoms with Crippen LogP contribution in [0.3, 0.4) is 0 Å². The molecule has 0 spiro atoms. The molecule has 4 rings (SSSR count). The van der Waals surface area contributed by atoms with E-state index in [0.29, 0.717) is 0 Å². The number of aryl methyl sites for hydroxylation is 1. The molecule has 0 unspecified atom stereocenters. The SMILES string of the molecule is COc1cccc2c1c(-c1ccccc1)c1ccc(N(C)C)cc1[n+]2C.[Br-]. The maximum Gasteiger partial charge on any atom is 0.217 e. The van der Waals surface area contributed by atoms with E-state index in [1.807, 2.05) is 6.07 Å². The standard InChI is InChI=1S/C23H23N2O.BrH/c1-24(2)17-13-14-18-20(15-17)25(3)19-11-8-12-21(26-4)23(19)22(18)16-9-6-5-7-10-16;/h5-15H,1-4H3;1H/q+1;/p-1. The first kappa shape index (κ1) is 19.2. The Labute approximate surface area is 170 Å². The van der Waals surface area contributed by atoms with E-state index in [1.165, 1.54) is 27.7 Å². The van der Waals surface area contributed by atoms with Crippen molar-refractivity contribution in [1.82, 2.24) is 0 Å². The van der Waals surface area contributed by atoms with E-state index in [9.17, 15) is 0 Å². The normalized spacial score (nSPS) is 10.7. The van der Waals surface area contributed by atoms with Gasteiger partial charge < -0.3 is 26.6 Å². The number of hydrogen-bond acceptors (Lipinski definition) is 2. The van der Waals surface area contributed by atoms with Crippen LogP contribution in [0.1, 0.15) is 0 Å². The highest BCUT2D eigenvalue weighted by Crippen LogP contribution is 2.39. The minimum Gasteiger partial charge on any atom is -1.00 e. The van der Waals surface area contributed by atoms with Gasteiger partial charge in [0.15, 0.2) is 0 Å². The molecule has 0 amide bonds. The van der Waals surface area contributed by atoms with Crippen LogP contribution in [0.4, 0.5) is 5.69 Å². The number of ether oxygens (including phenoxy) is 1. The molecule has 0 saturated heterocycles. The summed E-state index contributed by atoms with van der Waals surface area (Å²) in [6.07, 6.45) is 0. The summed E-state index contributed by atoms with van der Waals surface area (Å²) in [6, 6.07) is 23.5. The molecule has 1 aromatic heterocycles. The Hall–Kier alpha value is -2.59. The molecule has 0 saturated carbocycles. The van der Waals surface area contributed by atoms with Gasteiger partial charge in [-0.15, -0.1) is 0 Å². The Morgan fingerprint density at radius 2 is 1.59 bits per heavy atom. The van der Waals surface area contributed by atoms with E-state index >= 15 is 0 Å². The second kappa shape index (κ2) is 7.57. The molecule has 3 nitrogen and oxygen atoms in total. The van der Waals surface area contributed by atoms with Crippen molar-refractivity contribution < 1.29 is 26.3 Å². The van der Waals surface area contributed by atoms with Crippen LogP contribution in [0.5, 0.6) is 5.75 Å². The number of pyridine rings is 1. The number of hydrogen-bond donors (Lipinski definition) is 0. The molecular formula is C23H23BrN2O. The van der Waals surface area contributed by atoms with Crippen LogP contribution in [-0.2, 0) is 7.05 Å². The van der Waals surface area contributed by atoms with Crippen LogP contribution in [-0.4, -0.2) is 21.2 Å². The first-order chi connectivity index (χ1) is 12.6. The Balaban J connectivity index is 0.00000210. The Bertz CT molecular complexity index is 1110. The van der Waals surface area contributed by atoms with Gasteiger partial charge in [-0.05, 0) is 23.8 Å². The second-order valence-corrected chi connectivity index (χ2v) is 6.75. The number of methoxy groups -OCH3 is 1. The molecule has 0 aliphatic heterocycles. The van der Waals surface area contributed by atoms with Crippen molar-refractivity contribution in [3.05, 3.63) is 66.7 Å². The van der Waals surface area contributed by atoms with Crippen molar-refractivity contribution in [3.63, 3.8) is 0 Å². The van der Waals surface area contributed by atoms with Gasteiger partial charge >= 0.3 is 0 Å². The van der Waals surface area contributed by atoms with E-state index in [4.69, 9.17) is 4.74 Å². The maximum absolute atomic E-state index is 5.73. The Morgan fingerprint density at radius 1 is 0.852 bits per heavy atom. The number of aromatic nitrogens is 1. The topological polar surface area (TPSA) is 16.4 Å². The smallest absolute Gasteiger partial charge is 0.217 e. The Kier molecular flexibility index (Phi) is 5.38. The van der Waals surface area contributed by atoms with Gasteiger partial charge in [-0.1, -0.05) is 36.4 Å². The molecule has 4 aromatic rings. The summed E-state index contributed by atoms with van der Waals surface area (Å²) >= 11 is 0. The van der Waals surface area contributed by atoms with Crippen molar-refractivity contribution in [3.8, 4) is 16.9 Å². The maximum atomic E-state index is 5.73. The van der Waals surface area contributed by atoms with Gasteiger partial charge in [0.25, 0.3) is 0 Å². The molecule has 138 valence electrons. The van der Waals surface area contributed by atoms with E-state index in [0.717, 1.165) is 16.7 Å². The summed E-state index contributed by atoms with van der Waals surface area (Å²) in [5.41, 5.74) is 5.97. The first-order valence-electron chi connectivity index (χ1n) is 8.77. The van der Waals surface area contributed by atoms with Crippen LogP contribution in [0.2, 0.25) is 0 Å². The van der Waals surface area contributed by atoms with Crippen LogP contribution in [0.15, 0.2) is 66.7 Å². The molecule has 1 heterocycles. The van der Waals surface area contributed by atoms with Gasteiger partial charge in [-0.2, -0.15) is 4.57 Å². The minimum atomic E-state index is 0. The van der Waals surface area contributed by atoms with Crippen LogP contribution in [0, 0.1) is 0 Å². The highest BCUT2D eigenvalue weighted by Gasteiger charge is 2.22. The molecular weight excluding hydrogens is 400 g/mol. The van der Waals surface area contributed by atoms with Crippen molar-refractivity contribution in [2.75, 3.05) is 26.1 Å². The van der Waals surface area contributed by atoms with Gasteiger partial charge in [0.1, 0.15) is 12.8 Å². The predicted molar refractivity (Wildman–Crippen MR) is 109 cm³/mol. The average molecular weight is 423 g/mol. The fourth-order valence-electron chi connectivity index (χ4n) is 3.68. The van der Waals surface area contributed by atoms with Gasteiger partial charge in [-0.25, -0.2) is 0 Å². The molecule has 0 N–H and O–H groups in total. The highest BCUT2D eigenvalue weighted by molar-refractivity contribution is 6.10. The van der Waals surface area contributed by atoms with E-state index in [2.05, 4.69) is 91.3 Å².